The molecule has 0 saturated heterocycles. The van der Waals surface area contributed by atoms with E-state index in [2.05, 4.69) is 23.3 Å². The van der Waals surface area contributed by atoms with E-state index in [0.29, 0.717) is 30.0 Å². The fourth-order valence-corrected chi connectivity index (χ4v) is 6.14. The monoisotopic (exact) mass is 442 g/mol. The predicted octanol–water partition coefficient (Wildman–Crippen LogP) is 4.37. The highest BCUT2D eigenvalue weighted by Gasteiger charge is 2.36. The third-order valence-electron chi connectivity index (χ3n) is 6.10. The third-order valence-corrected chi connectivity index (χ3v) is 7.64. The zero-order valence-corrected chi connectivity index (χ0v) is 18.5. The Bertz CT molecular complexity index is 955. The minimum absolute atomic E-state index is 0.154. The summed E-state index contributed by atoms with van der Waals surface area (Å²) in [5.74, 6) is -1.04. The second-order valence-electron chi connectivity index (χ2n) is 8.05. The lowest BCUT2D eigenvalue weighted by molar-refractivity contribution is -0.128. The number of benzene rings is 1. The van der Waals surface area contributed by atoms with Gasteiger partial charge in [0.2, 0.25) is 5.91 Å². The van der Waals surface area contributed by atoms with Crippen LogP contribution < -0.4 is 10.6 Å². The number of anilines is 1. The average Bonchev–Trinajstić information content (AvgIpc) is 3.33. The summed E-state index contributed by atoms with van der Waals surface area (Å²) in [4.78, 5) is 39.2. The summed E-state index contributed by atoms with van der Waals surface area (Å²) < 4.78 is 0. The van der Waals surface area contributed by atoms with Crippen molar-refractivity contribution in [1.82, 2.24) is 5.32 Å². The molecule has 2 aliphatic carbocycles. The molecule has 5 nitrogen and oxygen atoms in total. The number of fused-ring (bicyclic) bond motifs is 1. The van der Waals surface area contributed by atoms with Gasteiger partial charge in [-0.25, -0.2) is 0 Å². The highest BCUT2D eigenvalue weighted by molar-refractivity contribution is 7.96. The van der Waals surface area contributed by atoms with Crippen LogP contribution in [0.15, 0.2) is 30.3 Å². The molecule has 30 heavy (non-hydrogen) atoms. The number of aryl methyl sites for hydroxylation is 1. The van der Waals surface area contributed by atoms with Crippen molar-refractivity contribution in [3.8, 4) is 0 Å². The van der Waals surface area contributed by atoms with Crippen molar-refractivity contribution in [2.45, 2.75) is 51.5 Å². The minimum Gasteiger partial charge on any atom is -0.348 e. The first-order chi connectivity index (χ1) is 14.5. The number of hydrogen-bond donors (Lipinski definition) is 3. The van der Waals surface area contributed by atoms with Crippen LogP contribution in [0.2, 0.25) is 0 Å². The van der Waals surface area contributed by atoms with E-state index < -0.39 is 0 Å². The number of thiophene rings is 1. The molecule has 1 aromatic carbocycles. The summed E-state index contributed by atoms with van der Waals surface area (Å²) in [7, 11) is 0. The normalized spacial score (nSPS) is 20.4. The second kappa shape index (κ2) is 9.35. The Balaban J connectivity index is 1.53. The van der Waals surface area contributed by atoms with Crippen LogP contribution in [0.5, 0.6) is 0 Å². The van der Waals surface area contributed by atoms with Crippen LogP contribution in [0, 0.1) is 11.8 Å². The molecule has 0 radical (unpaired) electrons. The lowest BCUT2D eigenvalue weighted by atomic mass is 9.79. The molecule has 0 aliphatic heterocycles. The Morgan fingerprint density at radius 2 is 1.73 bits per heavy atom. The molecule has 0 spiro atoms. The molecule has 7 heteroatoms. The molecule has 2 aromatic rings. The molecule has 2 atom stereocenters. The van der Waals surface area contributed by atoms with Crippen molar-refractivity contribution in [2.75, 3.05) is 5.32 Å². The molecule has 2 amide bonds. The van der Waals surface area contributed by atoms with Crippen LogP contribution in [-0.2, 0) is 29.0 Å². The topological polar surface area (TPSA) is 75.3 Å². The molecular weight excluding hydrogens is 416 g/mol. The zero-order chi connectivity index (χ0) is 21.1. The fourth-order valence-electron chi connectivity index (χ4n) is 4.54. The number of carbonyl (C=O) groups is 3. The first kappa shape index (κ1) is 21.1. The average molecular weight is 443 g/mol. The molecule has 158 valence electrons. The maximum absolute atomic E-state index is 13.1. The van der Waals surface area contributed by atoms with E-state index in [-0.39, 0.29) is 28.8 Å². The van der Waals surface area contributed by atoms with Gasteiger partial charge in [0.25, 0.3) is 5.91 Å². The van der Waals surface area contributed by atoms with Gasteiger partial charge < -0.3 is 10.6 Å². The molecule has 0 bridgehead atoms. The Labute approximate surface area is 186 Å². The van der Waals surface area contributed by atoms with Gasteiger partial charge in [0.05, 0.1) is 5.56 Å². The van der Waals surface area contributed by atoms with Gasteiger partial charge in [-0.3, -0.25) is 14.4 Å². The first-order valence-corrected chi connectivity index (χ1v) is 11.8. The van der Waals surface area contributed by atoms with Crippen LogP contribution in [0.3, 0.4) is 0 Å². The fraction of sp³-hybridized carbons (Fsp3) is 0.435. The van der Waals surface area contributed by atoms with Gasteiger partial charge in [-0.05, 0) is 43.2 Å². The highest BCUT2D eigenvalue weighted by atomic mass is 32.1. The second-order valence-corrected chi connectivity index (χ2v) is 9.60. The van der Waals surface area contributed by atoms with Crippen LogP contribution >= 0.6 is 24.0 Å². The predicted molar refractivity (Wildman–Crippen MR) is 122 cm³/mol. The van der Waals surface area contributed by atoms with Crippen molar-refractivity contribution >= 4 is 45.9 Å². The van der Waals surface area contributed by atoms with E-state index in [1.807, 2.05) is 30.3 Å². The summed E-state index contributed by atoms with van der Waals surface area (Å²) in [5, 5.41) is 6.41. The smallest absolute Gasteiger partial charge is 0.254 e. The van der Waals surface area contributed by atoms with Gasteiger partial charge in [-0.1, -0.05) is 43.2 Å². The molecule has 1 aromatic heterocycles. The van der Waals surface area contributed by atoms with E-state index in [4.69, 9.17) is 0 Å². The van der Waals surface area contributed by atoms with E-state index in [9.17, 15) is 14.4 Å². The Hall–Kier alpha value is -2.12. The Morgan fingerprint density at radius 1 is 1.00 bits per heavy atom. The summed E-state index contributed by atoms with van der Waals surface area (Å²) in [6, 6.07) is 9.77. The van der Waals surface area contributed by atoms with Crippen molar-refractivity contribution < 1.29 is 14.4 Å². The van der Waals surface area contributed by atoms with Gasteiger partial charge in [-0.2, -0.15) is 0 Å². The zero-order valence-electron chi connectivity index (χ0n) is 16.8. The van der Waals surface area contributed by atoms with Gasteiger partial charge in [-0.15, -0.1) is 24.0 Å². The molecule has 1 heterocycles. The van der Waals surface area contributed by atoms with Crippen LogP contribution in [0.25, 0.3) is 0 Å². The van der Waals surface area contributed by atoms with Crippen LogP contribution in [-0.4, -0.2) is 16.9 Å². The number of nitrogens with one attached hydrogen (secondary N) is 2. The maximum atomic E-state index is 13.1. The van der Waals surface area contributed by atoms with E-state index in [1.54, 1.807) is 0 Å². The number of rotatable bonds is 6. The lowest BCUT2D eigenvalue weighted by Gasteiger charge is -2.28. The van der Waals surface area contributed by atoms with Crippen LogP contribution in [0.1, 0.15) is 58.5 Å². The molecule has 1 fully saturated rings. The number of thiol groups is 1. The maximum Gasteiger partial charge on any atom is 0.254 e. The third kappa shape index (κ3) is 4.47. The van der Waals surface area contributed by atoms with Crippen molar-refractivity contribution in [1.29, 1.82) is 0 Å². The first-order valence-electron chi connectivity index (χ1n) is 10.5. The molecule has 1 saturated carbocycles. The van der Waals surface area contributed by atoms with Gasteiger partial charge in [0, 0.05) is 23.3 Å². The standard InChI is InChI=1S/C23H26N2O3S2/c26-20(15-9-4-5-10-16(15)23(28)29)25-22-19(17-11-6-12-18(17)30-22)21(27)24-13-14-7-2-1-3-8-14/h1-3,7-8,15-16H,4-6,9-13H2,(H,24,27)(H,25,26)(H,28,29). The molecule has 4 rings (SSSR count). The highest BCUT2D eigenvalue weighted by Crippen LogP contribution is 2.40. The minimum atomic E-state index is -0.374. The summed E-state index contributed by atoms with van der Waals surface area (Å²) in [6.07, 6.45) is 6.09. The van der Waals surface area contributed by atoms with Crippen molar-refractivity contribution in [3.63, 3.8) is 0 Å². The van der Waals surface area contributed by atoms with E-state index in [1.165, 1.54) is 16.2 Å². The quantitative estimate of drug-likeness (QED) is 0.582. The molecule has 2 unspecified atom stereocenters. The number of hydrogen-bond acceptors (Lipinski definition) is 4. The van der Waals surface area contributed by atoms with Crippen LogP contribution in [0.4, 0.5) is 5.00 Å². The van der Waals surface area contributed by atoms with Gasteiger partial charge >= 0.3 is 0 Å². The number of amides is 2. The van der Waals surface area contributed by atoms with E-state index in [0.717, 1.165) is 43.2 Å². The molecule has 2 N–H and O–H groups in total. The SMILES string of the molecule is O=C(NCc1ccccc1)c1c(NC(=O)C2CCCCC2C(=O)S)sc2c1CCC2. The molecular formula is C23H26N2O3S2. The van der Waals surface area contributed by atoms with Gasteiger partial charge in [0.15, 0.2) is 5.12 Å². The number of carbonyl (C=O) groups excluding carboxylic acids is 3. The Morgan fingerprint density at radius 3 is 2.47 bits per heavy atom. The van der Waals surface area contributed by atoms with Crippen molar-refractivity contribution in [3.05, 3.63) is 51.9 Å². The summed E-state index contributed by atoms with van der Waals surface area (Å²) in [5.41, 5.74) is 2.69. The lowest BCUT2D eigenvalue weighted by Crippen LogP contribution is -2.35. The molecule has 2 aliphatic rings. The summed E-state index contributed by atoms with van der Waals surface area (Å²) in [6.45, 7) is 0.441. The van der Waals surface area contributed by atoms with E-state index >= 15 is 0 Å². The largest absolute Gasteiger partial charge is 0.348 e. The van der Waals surface area contributed by atoms with Crippen molar-refractivity contribution in [2.24, 2.45) is 11.8 Å². The summed E-state index contributed by atoms with van der Waals surface area (Å²) >= 11 is 5.50. The van der Waals surface area contributed by atoms with Gasteiger partial charge in [0.1, 0.15) is 5.00 Å². The Kier molecular flexibility index (Phi) is 6.58.